The summed E-state index contributed by atoms with van der Waals surface area (Å²) < 4.78 is 22.5. The number of carbonyl (C=O) groups is 7. The Morgan fingerprint density at radius 2 is 1.04 bits per heavy atom. The Balaban J connectivity index is 0.00000673. The van der Waals surface area contributed by atoms with Crippen molar-refractivity contribution in [1.82, 2.24) is 30.8 Å². The molecule has 2 aromatic heterocycles. The summed E-state index contributed by atoms with van der Waals surface area (Å²) >= 11 is 0. The summed E-state index contributed by atoms with van der Waals surface area (Å²) in [7, 11) is 0. The molecule has 7 N–H and O–H groups in total. The van der Waals surface area contributed by atoms with Crippen LogP contribution in [0.1, 0.15) is 108 Å². The number of benzene rings is 2. The van der Waals surface area contributed by atoms with Gasteiger partial charge in [0.1, 0.15) is 17.9 Å². The van der Waals surface area contributed by atoms with Crippen LogP contribution in [0.4, 0.5) is 4.79 Å². The average Bonchev–Trinajstić information content (AvgIpc) is 3.35. The maximum atomic E-state index is 12.8. The van der Waals surface area contributed by atoms with Gasteiger partial charge in [0.15, 0.2) is 0 Å². The Kier molecular flexibility index (Phi) is 34.6. The molecule has 4 rings (SSSR count). The van der Waals surface area contributed by atoms with Gasteiger partial charge in [0.05, 0.1) is 28.3 Å². The second-order valence-corrected chi connectivity index (χ2v) is 16.1. The van der Waals surface area contributed by atoms with Gasteiger partial charge < -0.3 is 36.4 Å². The molecule has 0 spiro atoms. The second kappa shape index (κ2) is 38.2. The SMILES string of the molecule is O=C(O)CC[C@H](NC(=O)N[C@@H](CCCCNC(=O)CCCCCCC(=O)C[C@@H](CCCCN(Cc1ccc2ccccc2n1)Cc1ccc2ccccc2n1)C(=O)O)C(=O)O)C(=O)O.[C-]#[O+].[C-]#[O+].[C-]#[O+].[Re]. The van der Waals surface area contributed by atoms with E-state index in [9.17, 15) is 48.9 Å². The largest absolute Gasteiger partial charge is 0 e. The van der Waals surface area contributed by atoms with Crippen molar-refractivity contribution in [3.8, 4) is 0 Å². The maximum Gasteiger partial charge on any atom is 0 e. The normalized spacial score (nSPS) is 11.5. The number of hydrogen-bond donors (Lipinski definition) is 7. The molecule has 2 heterocycles. The topological polar surface area (TPSA) is 325 Å². The maximum absolute atomic E-state index is 12.8. The molecule has 3 atom stereocenters. The summed E-state index contributed by atoms with van der Waals surface area (Å²) in [6.07, 6.45) is 4.89. The fourth-order valence-electron chi connectivity index (χ4n) is 7.37. The quantitative estimate of drug-likeness (QED) is 0.0168. The predicted octanol–water partition coefficient (Wildman–Crippen LogP) is 6.20. The minimum absolute atomic E-state index is 0. The molecule has 0 saturated carbocycles. The molecule has 0 unspecified atom stereocenters. The van der Waals surface area contributed by atoms with Crippen LogP contribution in [0.2, 0.25) is 0 Å². The predicted molar refractivity (Wildman–Crippen MR) is 250 cm³/mol. The van der Waals surface area contributed by atoms with Gasteiger partial charge in [-0.15, -0.1) is 0 Å². The van der Waals surface area contributed by atoms with E-state index in [0.717, 1.165) is 46.0 Å². The van der Waals surface area contributed by atoms with E-state index in [4.69, 9.17) is 29.0 Å². The van der Waals surface area contributed by atoms with Gasteiger partial charge in [0.25, 0.3) is 0 Å². The van der Waals surface area contributed by atoms with Gasteiger partial charge in [0, 0.05) is 76.5 Å². The molecule has 0 aliphatic heterocycles. The summed E-state index contributed by atoms with van der Waals surface area (Å²) in [4.78, 5) is 95.0. The average molecular weight is 1160 g/mol. The van der Waals surface area contributed by atoms with E-state index in [1.165, 1.54) is 0 Å². The Morgan fingerprint density at radius 3 is 1.55 bits per heavy atom. The molecule has 2 aromatic carbocycles. The van der Waals surface area contributed by atoms with Crippen LogP contribution in [-0.2, 0) is 76.2 Å². The number of ketones is 1. The Labute approximate surface area is 425 Å². The molecule has 0 aliphatic rings. The van der Waals surface area contributed by atoms with E-state index >= 15 is 0 Å². The van der Waals surface area contributed by atoms with E-state index in [-0.39, 0.29) is 70.8 Å². The number of nitrogens with zero attached hydrogens (tertiary/aromatic N) is 3. The fraction of sp³-hybridized carbons (Fsp3) is 0.440. The molecule has 4 aromatic rings. The summed E-state index contributed by atoms with van der Waals surface area (Å²) in [5, 5.41) is 46.5. The van der Waals surface area contributed by atoms with Gasteiger partial charge in [-0.05, 0) is 82.2 Å². The van der Waals surface area contributed by atoms with Crippen molar-refractivity contribution in [2.45, 2.75) is 121 Å². The van der Waals surface area contributed by atoms with Gasteiger partial charge in [-0.1, -0.05) is 67.8 Å². The van der Waals surface area contributed by atoms with Gasteiger partial charge in [-0.25, -0.2) is 14.4 Å². The van der Waals surface area contributed by atoms with Crippen molar-refractivity contribution in [2.75, 3.05) is 13.1 Å². The van der Waals surface area contributed by atoms with Crippen molar-refractivity contribution in [1.29, 1.82) is 0 Å². The second-order valence-electron chi connectivity index (χ2n) is 16.1. The van der Waals surface area contributed by atoms with E-state index in [0.29, 0.717) is 64.6 Å². The molecule has 21 heteroatoms. The monoisotopic (exact) mass is 1160 g/mol. The first-order valence-electron chi connectivity index (χ1n) is 22.6. The third-order valence-corrected chi connectivity index (χ3v) is 10.9. The molecule has 0 saturated heterocycles. The van der Waals surface area contributed by atoms with Crippen molar-refractivity contribution in [3.63, 3.8) is 0 Å². The number of amides is 3. The van der Waals surface area contributed by atoms with Crippen LogP contribution in [0.5, 0.6) is 0 Å². The first-order valence-corrected chi connectivity index (χ1v) is 22.6. The third-order valence-electron chi connectivity index (χ3n) is 10.9. The first kappa shape index (κ1) is 64.4. The number of para-hydroxylation sites is 2. The van der Waals surface area contributed by atoms with Gasteiger partial charge in [0.2, 0.25) is 5.91 Å². The van der Waals surface area contributed by atoms with Crippen LogP contribution < -0.4 is 16.0 Å². The number of unbranched alkanes of at least 4 members (excludes halogenated alkanes) is 5. The summed E-state index contributed by atoms with van der Waals surface area (Å²) in [5.41, 5.74) is 3.72. The summed E-state index contributed by atoms with van der Waals surface area (Å²) in [6.45, 7) is 15.7. The number of carboxylic acid groups (broad SMARTS) is 4. The Morgan fingerprint density at radius 1 is 0.549 bits per heavy atom. The van der Waals surface area contributed by atoms with Crippen LogP contribution in [0, 0.1) is 25.9 Å². The van der Waals surface area contributed by atoms with Crippen LogP contribution in [-0.4, -0.2) is 102 Å². The molecular weight excluding hydrogens is 1090 g/mol. The number of carboxylic acids is 4. The standard InChI is InChI=1S/C47H60N6O11.3CO.Re/c54-37(16-3-1-2-4-20-42(55)48-27-11-9-19-40(45(60)61)51-47(64)52-41(46(62)63)25-26-43(56)57)29-34(44(58)59)15-10-12-28-53(30-35-23-21-32-13-5-7-17-38(32)49-35)31-36-24-22-33-14-6-8-18-39(33)50-36;3*1-2;/h5-8,13-14,17-18,21-24,34,40-41H,1-4,9-12,15-16,19-20,25-31H2,(H,48,55)(H,56,57)(H,58,59)(H,60,61)(H,62,63)(H2,51,52,64);;;;/t34-,40+,41+;;;;/m1..../s1. The number of hydrogen-bond acceptors (Lipinski definition) is 10. The minimum Gasteiger partial charge on any atom is 0 e. The molecule has 71 heavy (non-hydrogen) atoms. The van der Waals surface area contributed by atoms with Gasteiger partial charge in [-0.2, -0.15) is 0 Å². The minimum atomic E-state index is -1.50. The van der Waals surface area contributed by atoms with E-state index < -0.39 is 54.3 Å². The van der Waals surface area contributed by atoms with Crippen molar-refractivity contribution >= 4 is 63.4 Å². The van der Waals surface area contributed by atoms with Crippen LogP contribution in [0.3, 0.4) is 0 Å². The first-order chi connectivity index (χ1) is 33.8. The van der Waals surface area contributed by atoms with Crippen LogP contribution in [0.25, 0.3) is 21.8 Å². The summed E-state index contributed by atoms with van der Waals surface area (Å²) in [6, 6.07) is 20.3. The zero-order valence-electron chi connectivity index (χ0n) is 39.2. The van der Waals surface area contributed by atoms with Crippen molar-refractivity contribution in [3.05, 3.63) is 104 Å². The van der Waals surface area contributed by atoms with Gasteiger partial charge >= 0.3 is 63.8 Å². The van der Waals surface area contributed by atoms with Crippen LogP contribution in [0.15, 0.2) is 72.8 Å². The molecule has 1 radical (unpaired) electrons. The molecule has 3 amide bonds. The number of nitrogens with one attached hydrogen (secondary N) is 3. The zero-order chi connectivity index (χ0) is 52.3. The number of fused-ring (bicyclic) bond motifs is 2. The molecule has 381 valence electrons. The number of urea groups is 1. The summed E-state index contributed by atoms with van der Waals surface area (Å²) in [5.74, 6) is -6.00. The zero-order valence-corrected chi connectivity index (χ0v) is 41.9. The third kappa shape index (κ3) is 26.8. The van der Waals surface area contributed by atoms with Crippen molar-refractivity contribution < 1.29 is 88.4 Å². The van der Waals surface area contributed by atoms with E-state index in [1.54, 1.807) is 0 Å². The Hall–Kier alpha value is -6.61. The molecule has 20 nitrogen and oxygen atoms in total. The number of aliphatic carboxylic acids is 4. The van der Waals surface area contributed by atoms with E-state index in [1.807, 2.05) is 60.7 Å². The molecule has 0 aliphatic carbocycles. The Bertz CT molecular complexity index is 2260. The van der Waals surface area contributed by atoms with Crippen molar-refractivity contribution in [2.24, 2.45) is 5.92 Å². The smallest absolute Gasteiger partial charge is 0 e. The van der Waals surface area contributed by atoms with E-state index in [2.05, 4.69) is 52.9 Å². The number of aromatic nitrogens is 2. The molecule has 0 bridgehead atoms. The number of carbonyl (C=O) groups excluding carboxylic acids is 3. The number of rotatable bonds is 31. The number of Topliss-reactive ketones (excluding diaryl/α,β-unsaturated/α-hetero) is 1. The van der Waals surface area contributed by atoms with Crippen LogP contribution >= 0.6 is 0 Å². The molecule has 0 fully saturated rings. The molecular formula is C50H60N6O14Re. The van der Waals surface area contributed by atoms with Gasteiger partial charge in [-0.3, -0.25) is 34.0 Å². The number of pyridine rings is 2. The fourth-order valence-corrected chi connectivity index (χ4v) is 7.37.